The van der Waals surface area contributed by atoms with Crippen LogP contribution in [0.2, 0.25) is 0 Å². The number of benzene rings is 1. The minimum absolute atomic E-state index is 0.0498. The largest absolute Gasteiger partial charge is 0.465 e. The molecule has 1 aliphatic rings. The van der Waals surface area contributed by atoms with Crippen molar-refractivity contribution in [3.63, 3.8) is 0 Å². The zero-order valence-electron chi connectivity index (χ0n) is 16.5. The van der Waals surface area contributed by atoms with E-state index in [2.05, 4.69) is 21.2 Å². The fourth-order valence-corrected chi connectivity index (χ4v) is 3.82. The van der Waals surface area contributed by atoms with Crippen molar-refractivity contribution in [2.75, 3.05) is 26.7 Å². The Labute approximate surface area is 164 Å². The number of nitrogens with zero attached hydrogens (tertiary/aromatic N) is 5. The second-order valence-corrected chi connectivity index (χ2v) is 7.73. The fourth-order valence-electron chi connectivity index (χ4n) is 3.82. The van der Waals surface area contributed by atoms with Crippen LogP contribution in [0.5, 0.6) is 0 Å². The number of piperidine rings is 1. The number of aryl methyl sites for hydroxylation is 1. The van der Waals surface area contributed by atoms with Crippen molar-refractivity contribution in [1.82, 2.24) is 24.8 Å². The average molecular weight is 381 g/mol. The van der Waals surface area contributed by atoms with E-state index < -0.39 is 0 Å². The zero-order chi connectivity index (χ0) is 19.5. The lowest BCUT2D eigenvalue weighted by Crippen LogP contribution is -2.40. The van der Waals surface area contributed by atoms with Crippen LogP contribution >= 0.6 is 0 Å². The van der Waals surface area contributed by atoms with Gasteiger partial charge in [0.05, 0.1) is 6.54 Å². The van der Waals surface area contributed by atoms with E-state index in [0.717, 1.165) is 61.6 Å². The van der Waals surface area contributed by atoms with Gasteiger partial charge in [0.25, 0.3) is 0 Å². The molecule has 1 saturated heterocycles. The summed E-state index contributed by atoms with van der Waals surface area (Å²) in [7, 11) is 1.88. The molecule has 0 spiro atoms. The number of fused-ring (bicyclic) bond motifs is 1. The number of carbonyl (C=O) groups excluding carboxylic acids is 1. The van der Waals surface area contributed by atoms with E-state index in [4.69, 9.17) is 4.42 Å². The molecule has 3 heterocycles. The number of rotatable bonds is 6. The highest BCUT2D eigenvalue weighted by Gasteiger charge is 2.23. The first-order valence-electron chi connectivity index (χ1n) is 9.88. The second-order valence-electron chi connectivity index (χ2n) is 7.73. The molecule has 1 amide bonds. The van der Waals surface area contributed by atoms with Crippen LogP contribution < -0.4 is 0 Å². The number of aromatic nitrogens is 3. The molecular formula is C21H27N5O2. The standard InChI is InChI=1S/C21H27N5O2/c1-16-7-8-18(28-16)14-25-11-9-17(10-12-25)13-24(2)21(27)15-26-22-19-5-3-4-6-20(19)23-26/h3-8,17H,9-15H2,1-2H3. The van der Waals surface area contributed by atoms with Crippen LogP contribution in [0.3, 0.4) is 0 Å². The van der Waals surface area contributed by atoms with Gasteiger partial charge in [0, 0.05) is 13.6 Å². The van der Waals surface area contributed by atoms with E-state index in [9.17, 15) is 4.79 Å². The number of hydrogen-bond donors (Lipinski definition) is 0. The highest BCUT2D eigenvalue weighted by molar-refractivity contribution is 5.77. The third kappa shape index (κ3) is 4.42. The van der Waals surface area contributed by atoms with Crippen molar-refractivity contribution in [1.29, 1.82) is 0 Å². The van der Waals surface area contributed by atoms with Crippen LogP contribution in [0.1, 0.15) is 24.4 Å². The van der Waals surface area contributed by atoms with Crippen LogP contribution in [-0.4, -0.2) is 57.4 Å². The maximum absolute atomic E-state index is 12.6. The molecule has 0 saturated carbocycles. The van der Waals surface area contributed by atoms with Gasteiger partial charge < -0.3 is 9.32 Å². The molecule has 0 atom stereocenters. The maximum Gasteiger partial charge on any atom is 0.245 e. The lowest BCUT2D eigenvalue weighted by Gasteiger charge is -2.33. The first kappa shape index (κ1) is 18.7. The van der Waals surface area contributed by atoms with Crippen molar-refractivity contribution in [3.8, 4) is 0 Å². The number of likely N-dealkylation sites (N-methyl/N-ethyl adjacent to an activating group) is 1. The Hall–Kier alpha value is -2.67. The van der Waals surface area contributed by atoms with Crippen LogP contribution in [0.25, 0.3) is 11.0 Å². The Kier molecular flexibility index (Phi) is 5.43. The average Bonchev–Trinajstić information content (AvgIpc) is 3.28. The molecule has 28 heavy (non-hydrogen) atoms. The maximum atomic E-state index is 12.6. The van der Waals surface area contributed by atoms with Gasteiger partial charge in [0.1, 0.15) is 29.1 Å². The molecule has 1 fully saturated rings. The van der Waals surface area contributed by atoms with E-state index in [1.807, 2.05) is 49.2 Å². The normalized spacial score (nSPS) is 15.9. The molecule has 0 N–H and O–H groups in total. The quantitative estimate of drug-likeness (QED) is 0.657. The summed E-state index contributed by atoms with van der Waals surface area (Å²) in [4.78, 5) is 18.3. The topological polar surface area (TPSA) is 67.4 Å². The molecule has 0 unspecified atom stereocenters. The van der Waals surface area contributed by atoms with Crippen molar-refractivity contribution < 1.29 is 9.21 Å². The van der Waals surface area contributed by atoms with Crippen LogP contribution in [-0.2, 0) is 17.9 Å². The lowest BCUT2D eigenvalue weighted by atomic mass is 9.96. The van der Waals surface area contributed by atoms with Gasteiger partial charge in [0.2, 0.25) is 5.91 Å². The molecule has 7 nitrogen and oxygen atoms in total. The number of carbonyl (C=O) groups is 1. The molecule has 4 rings (SSSR count). The summed E-state index contributed by atoms with van der Waals surface area (Å²) in [6.45, 7) is 5.89. The zero-order valence-corrected chi connectivity index (χ0v) is 16.5. The second kappa shape index (κ2) is 8.14. The number of amides is 1. The van der Waals surface area contributed by atoms with Gasteiger partial charge in [-0.25, -0.2) is 0 Å². The van der Waals surface area contributed by atoms with Crippen molar-refractivity contribution in [2.45, 2.75) is 32.9 Å². The van der Waals surface area contributed by atoms with Crippen LogP contribution in [0, 0.1) is 12.8 Å². The Balaban J connectivity index is 1.24. The summed E-state index contributed by atoms with van der Waals surface area (Å²) in [5, 5.41) is 8.75. The molecular weight excluding hydrogens is 354 g/mol. The summed E-state index contributed by atoms with van der Waals surface area (Å²) in [6.07, 6.45) is 2.20. The molecule has 0 radical (unpaired) electrons. The number of likely N-dealkylation sites (tertiary alicyclic amines) is 1. The van der Waals surface area contributed by atoms with Crippen molar-refractivity contribution in [3.05, 3.63) is 47.9 Å². The predicted octanol–water partition coefficient (Wildman–Crippen LogP) is 2.70. The van der Waals surface area contributed by atoms with Gasteiger partial charge in [-0.15, -0.1) is 0 Å². The summed E-state index contributed by atoms with van der Waals surface area (Å²) >= 11 is 0. The molecule has 3 aromatic rings. The van der Waals surface area contributed by atoms with Gasteiger partial charge in [0.15, 0.2) is 0 Å². The minimum atomic E-state index is 0.0498. The Morgan fingerprint density at radius 1 is 1.14 bits per heavy atom. The smallest absolute Gasteiger partial charge is 0.245 e. The van der Waals surface area contributed by atoms with Gasteiger partial charge in [-0.05, 0) is 63.0 Å². The number of furan rings is 1. The molecule has 1 aliphatic heterocycles. The summed E-state index contributed by atoms with van der Waals surface area (Å²) < 4.78 is 5.68. The van der Waals surface area contributed by atoms with Crippen molar-refractivity contribution in [2.24, 2.45) is 5.92 Å². The van der Waals surface area contributed by atoms with Gasteiger partial charge in [-0.2, -0.15) is 15.0 Å². The SMILES string of the molecule is Cc1ccc(CN2CCC(CN(C)C(=O)Cn3nc4ccccc4n3)CC2)o1. The van der Waals surface area contributed by atoms with E-state index >= 15 is 0 Å². The Morgan fingerprint density at radius 2 is 1.82 bits per heavy atom. The Morgan fingerprint density at radius 3 is 2.43 bits per heavy atom. The molecule has 1 aromatic carbocycles. The van der Waals surface area contributed by atoms with Crippen LogP contribution in [0.4, 0.5) is 0 Å². The van der Waals surface area contributed by atoms with Crippen molar-refractivity contribution >= 4 is 16.9 Å². The predicted molar refractivity (Wildman–Crippen MR) is 107 cm³/mol. The van der Waals surface area contributed by atoms with E-state index in [1.54, 1.807) is 0 Å². The van der Waals surface area contributed by atoms with Gasteiger partial charge in [-0.1, -0.05) is 12.1 Å². The third-order valence-corrected chi connectivity index (χ3v) is 5.45. The minimum Gasteiger partial charge on any atom is -0.465 e. The first-order valence-corrected chi connectivity index (χ1v) is 9.88. The molecule has 148 valence electrons. The number of hydrogen-bond acceptors (Lipinski definition) is 5. The highest BCUT2D eigenvalue weighted by atomic mass is 16.3. The molecule has 0 aliphatic carbocycles. The summed E-state index contributed by atoms with van der Waals surface area (Å²) in [5.41, 5.74) is 1.63. The fraction of sp³-hybridized carbons (Fsp3) is 0.476. The van der Waals surface area contributed by atoms with E-state index in [1.165, 1.54) is 4.80 Å². The first-order chi connectivity index (χ1) is 13.6. The monoisotopic (exact) mass is 381 g/mol. The van der Waals surface area contributed by atoms with Gasteiger partial charge in [-0.3, -0.25) is 9.69 Å². The molecule has 2 aromatic heterocycles. The molecule has 7 heteroatoms. The van der Waals surface area contributed by atoms with Crippen LogP contribution in [0.15, 0.2) is 40.8 Å². The Bertz CT molecular complexity index is 906. The third-order valence-electron chi connectivity index (χ3n) is 5.45. The highest BCUT2D eigenvalue weighted by Crippen LogP contribution is 2.20. The van der Waals surface area contributed by atoms with Gasteiger partial charge >= 0.3 is 0 Å². The summed E-state index contributed by atoms with van der Waals surface area (Å²) in [5.74, 6) is 2.58. The molecule has 0 bridgehead atoms. The lowest BCUT2D eigenvalue weighted by molar-refractivity contribution is -0.131. The summed E-state index contributed by atoms with van der Waals surface area (Å²) in [6, 6.07) is 11.7. The van der Waals surface area contributed by atoms with E-state index in [-0.39, 0.29) is 12.5 Å². The van der Waals surface area contributed by atoms with E-state index in [0.29, 0.717) is 5.92 Å².